The van der Waals surface area contributed by atoms with Crippen molar-refractivity contribution >= 4 is 10.1 Å². The van der Waals surface area contributed by atoms with E-state index in [1.807, 2.05) is 18.2 Å². The Morgan fingerprint density at radius 2 is 1.09 bits per heavy atom. The zero-order chi connectivity index (χ0) is 24.3. The average molecular weight is 488 g/mol. The fourth-order valence-electron chi connectivity index (χ4n) is 3.58. The van der Waals surface area contributed by atoms with E-state index in [9.17, 15) is 12.8 Å². The van der Waals surface area contributed by atoms with Crippen LogP contribution in [0.25, 0.3) is 0 Å². The number of pyridine rings is 1. The molecule has 0 saturated carbocycles. The maximum atomic E-state index is 11.9. The topological polar surface area (TPSA) is 56.3 Å². The van der Waals surface area contributed by atoms with Crippen LogP contribution in [0.3, 0.4) is 0 Å². The molecule has 0 N–H and O–H groups in total. The van der Waals surface area contributed by atoms with E-state index in [2.05, 4.69) is 11.9 Å². The lowest BCUT2D eigenvalue weighted by Crippen LogP contribution is -2.11. The Bertz CT molecular complexity index is 558. The summed E-state index contributed by atoms with van der Waals surface area (Å²) in [5.41, 5.74) is 0. The lowest BCUT2D eigenvalue weighted by atomic mass is 10.1. The first-order chi connectivity index (χ1) is 16.1. The molecule has 0 spiro atoms. The second-order valence-corrected chi connectivity index (χ2v) is 10.6. The monoisotopic (exact) mass is 487 g/mol. The second kappa shape index (κ2) is 25.6. The highest BCUT2D eigenvalue weighted by Gasteiger charge is 2.10. The molecule has 4 nitrogen and oxygen atoms in total. The molecule has 0 aromatic carbocycles. The van der Waals surface area contributed by atoms with Crippen LogP contribution >= 0.6 is 0 Å². The van der Waals surface area contributed by atoms with E-state index >= 15 is 0 Å². The molecule has 1 aromatic heterocycles. The van der Waals surface area contributed by atoms with Gasteiger partial charge in [-0.25, -0.2) is 0 Å². The smallest absolute Gasteiger partial charge is 0.267 e. The number of alkyl halides is 1. The fraction of sp³-hybridized carbons (Fsp3) is 0.815. The molecule has 194 valence electrons. The van der Waals surface area contributed by atoms with E-state index in [1.54, 1.807) is 12.4 Å². The lowest BCUT2D eigenvalue weighted by molar-refractivity contribution is 0.305. The summed E-state index contributed by atoms with van der Waals surface area (Å²) in [6.45, 7) is 2.33. The number of hydrogen-bond acceptors (Lipinski definition) is 4. The maximum absolute atomic E-state index is 11.9. The van der Waals surface area contributed by atoms with Gasteiger partial charge in [0.1, 0.15) is 0 Å². The molecule has 0 aliphatic carbocycles. The van der Waals surface area contributed by atoms with Crippen LogP contribution in [0.15, 0.2) is 30.6 Å². The van der Waals surface area contributed by atoms with Gasteiger partial charge in [-0.2, -0.15) is 8.42 Å². The minimum atomic E-state index is -3.35. The minimum absolute atomic E-state index is 0.119. The Morgan fingerprint density at radius 1 is 0.636 bits per heavy atom. The third-order valence-corrected chi connectivity index (χ3v) is 6.92. The first-order valence-corrected chi connectivity index (χ1v) is 15.0. The third-order valence-electron chi connectivity index (χ3n) is 5.61. The van der Waals surface area contributed by atoms with Gasteiger partial charge in [0, 0.05) is 12.4 Å². The molecule has 33 heavy (non-hydrogen) atoms. The van der Waals surface area contributed by atoms with Gasteiger partial charge in [0.25, 0.3) is 10.1 Å². The van der Waals surface area contributed by atoms with Gasteiger partial charge < -0.3 is 0 Å². The number of aromatic nitrogens is 1. The Morgan fingerprint density at radius 3 is 1.52 bits per heavy atom. The van der Waals surface area contributed by atoms with E-state index in [4.69, 9.17) is 4.18 Å². The summed E-state index contributed by atoms with van der Waals surface area (Å²) < 4.78 is 40.6. The van der Waals surface area contributed by atoms with Crippen LogP contribution in [0.4, 0.5) is 4.39 Å². The quantitative estimate of drug-likeness (QED) is 0.122. The van der Waals surface area contributed by atoms with Crippen molar-refractivity contribution in [2.45, 2.75) is 122 Å². The van der Waals surface area contributed by atoms with Crippen LogP contribution in [-0.2, 0) is 14.3 Å². The van der Waals surface area contributed by atoms with Gasteiger partial charge in [0.15, 0.2) is 0 Å². The average Bonchev–Trinajstić information content (AvgIpc) is 2.83. The third kappa shape index (κ3) is 27.1. The van der Waals surface area contributed by atoms with Gasteiger partial charge >= 0.3 is 0 Å². The number of halogens is 1. The van der Waals surface area contributed by atoms with E-state index in [0.717, 1.165) is 38.5 Å². The molecule has 0 saturated heterocycles. The SMILES string of the molecule is CCCCCCCCCCCCCCOS(=O)(=O)CCCCCCCCF.c1ccncc1. The molecule has 0 amide bonds. The summed E-state index contributed by atoms with van der Waals surface area (Å²) in [4.78, 5) is 3.78. The van der Waals surface area contributed by atoms with Crippen molar-refractivity contribution in [1.29, 1.82) is 0 Å². The lowest BCUT2D eigenvalue weighted by Gasteiger charge is -2.06. The van der Waals surface area contributed by atoms with Crippen molar-refractivity contribution < 1.29 is 17.0 Å². The van der Waals surface area contributed by atoms with Gasteiger partial charge in [-0.1, -0.05) is 109 Å². The Balaban J connectivity index is 0.00000146. The predicted octanol–water partition coefficient (Wildman–Crippen LogP) is 8.43. The van der Waals surface area contributed by atoms with Crippen LogP contribution in [0.2, 0.25) is 0 Å². The molecule has 0 aliphatic rings. The number of nitrogens with zero attached hydrogens (tertiary/aromatic N) is 1. The molecule has 0 atom stereocenters. The molecule has 0 unspecified atom stereocenters. The molecular formula is C27H50FNO3S. The summed E-state index contributed by atoms with van der Waals surface area (Å²) >= 11 is 0. The summed E-state index contributed by atoms with van der Waals surface area (Å²) in [6, 6.07) is 5.72. The van der Waals surface area contributed by atoms with Gasteiger partial charge in [0.05, 0.1) is 19.0 Å². The van der Waals surface area contributed by atoms with Crippen LogP contribution in [0.5, 0.6) is 0 Å². The minimum Gasteiger partial charge on any atom is -0.270 e. The molecule has 0 radical (unpaired) electrons. The zero-order valence-corrected chi connectivity index (χ0v) is 22.0. The number of unbranched alkanes of at least 4 members (excludes halogenated alkanes) is 16. The van der Waals surface area contributed by atoms with E-state index in [1.165, 1.54) is 64.2 Å². The number of rotatable bonds is 22. The van der Waals surface area contributed by atoms with Gasteiger partial charge in [0.2, 0.25) is 0 Å². The van der Waals surface area contributed by atoms with E-state index in [0.29, 0.717) is 19.4 Å². The van der Waals surface area contributed by atoms with E-state index in [-0.39, 0.29) is 12.4 Å². The van der Waals surface area contributed by atoms with Crippen LogP contribution < -0.4 is 0 Å². The van der Waals surface area contributed by atoms with Gasteiger partial charge in [-0.15, -0.1) is 0 Å². The van der Waals surface area contributed by atoms with Crippen molar-refractivity contribution in [1.82, 2.24) is 4.98 Å². The largest absolute Gasteiger partial charge is 0.270 e. The predicted molar refractivity (Wildman–Crippen MR) is 139 cm³/mol. The molecule has 6 heteroatoms. The first kappa shape index (κ1) is 32.0. The van der Waals surface area contributed by atoms with Crippen molar-refractivity contribution in [3.8, 4) is 0 Å². The maximum Gasteiger partial charge on any atom is 0.267 e. The summed E-state index contributed by atoms with van der Waals surface area (Å²) in [7, 11) is -3.35. The van der Waals surface area contributed by atoms with Crippen molar-refractivity contribution in [2.75, 3.05) is 19.0 Å². The summed E-state index contributed by atoms with van der Waals surface area (Å²) in [6.07, 6.45) is 23.7. The highest BCUT2D eigenvalue weighted by molar-refractivity contribution is 7.86. The van der Waals surface area contributed by atoms with Gasteiger partial charge in [-0.3, -0.25) is 13.6 Å². The Kier molecular flexibility index (Phi) is 24.8. The van der Waals surface area contributed by atoms with Crippen LogP contribution in [-0.4, -0.2) is 32.4 Å². The van der Waals surface area contributed by atoms with Gasteiger partial charge in [-0.05, 0) is 31.4 Å². The highest BCUT2D eigenvalue weighted by Crippen LogP contribution is 2.12. The summed E-state index contributed by atoms with van der Waals surface area (Å²) in [5.74, 6) is 0.119. The molecule has 1 aromatic rings. The van der Waals surface area contributed by atoms with Crippen molar-refractivity contribution in [3.05, 3.63) is 30.6 Å². The first-order valence-electron chi connectivity index (χ1n) is 13.4. The zero-order valence-electron chi connectivity index (χ0n) is 21.2. The molecule has 1 heterocycles. The molecule has 0 fully saturated rings. The van der Waals surface area contributed by atoms with E-state index < -0.39 is 10.1 Å². The summed E-state index contributed by atoms with van der Waals surface area (Å²) in [5, 5.41) is 0. The molecular weight excluding hydrogens is 437 g/mol. The Labute approximate surface area is 204 Å². The second-order valence-electron chi connectivity index (χ2n) is 8.81. The molecule has 0 aliphatic heterocycles. The highest BCUT2D eigenvalue weighted by atomic mass is 32.2. The van der Waals surface area contributed by atoms with Crippen molar-refractivity contribution in [3.63, 3.8) is 0 Å². The standard InChI is InChI=1S/C22H45FO3S.C5H5N/c1-2-3-4-5-6-7-8-9-10-12-15-18-21-26-27(24,25)22-19-16-13-11-14-17-20-23;1-2-4-6-5-3-1/h2-22H2,1H3;1-5H. The normalized spacial score (nSPS) is 11.2. The van der Waals surface area contributed by atoms with Crippen LogP contribution in [0, 0.1) is 0 Å². The van der Waals surface area contributed by atoms with Crippen molar-refractivity contribution in [2.24, 2.45) is 0 Å². The fourth-order valence-corrected chi connectivity index (χ4v) is 4.63. The molecule has 0 bridgehead atoms. The molecule has 1 rings (SSSR count). The Hall–Kier alpha value is -1.01. The number of hydrogen-bond donors (Lipinski definition) is 0. The van der Waals surface area contributed by atoms with Crippen LogP contribution in [0.1, 0.15) is 122 Å².